The molecular formula is C27H30N3OP. The minimum Gasteiger partial charge on any atom is -0.286 e. The summed E-state index contributed by atoms with van der Waals surface area (Å²) >= 11 is 0. The molecule has 3 rings (SSSR count). The Hall–Kier alpha value is -3.49. The Labute approximate surface area is 191 Å². The molecule has 0 aliphatic heterocycles. The maximum Gasteiger partial charge on any atom is 0.361 e. The maximum absolute atomic E-state index is 15.5. The molecule has 164 valence electrons. The number of para-hydroxylation sites is 3. The highest BCUT2D eigenvalue weighted by Crippen LogP contribution is 2.60. The normalized spacial score (nSPS) is 10.8. The summed E-state index contributed by atoms with van der Waals surface area (Å²) < 4.78 is 21.3. The Morgan fingerprint density at radius 1 is 0.531 bits per heavy atom. The van der Waals surface area contributed by atoms with Crippen LogP contribution in [0.4, 0.5) is 17.1 Å². The lowest BCUT2D eigenvalue weighted by molar-refractivity contribution is 0.567. The minimum atomic E-state index is -3.48. The Bertz CT molecular complexity index is 917. The lowest BCUT2D eigenvalue weighted by Crippen LogP contribution is -2.42. The molecule has 0 amide bonds. The van der Waals surface area contributed by atoms with Crippen molar-refractivity contribution in [3.63, 3.8) is 0 Å². The summed E-state index contributed by atoms with van der Waals surface area (Å²) in [6.45, 7) is 13.1. The first-order valence-corrected chi connectivity index (χ1v) is 12.1. The monoisotopic (exact) mass is 443 g/mol. The van der Waals surface area contributed by atoms with Crippen molar-refractivity contribution >= 4 is 24.7 Å². The van der Waals surface area contributed by atoms with Crippen LogP contribution in [0.15, 0.2) is 129 Å². The molecule has 32 heavy (non-hydrogen) atoms. The molecule has 0 aliphatic carbocycles. The van der Waals surface area contributed by atoms with Gasteiger partial charge < -0.3 is 0 Å². The van der Waals surface area contributed by atoms with E-state index in [4.69, 9.17) is 0 Å². The smallest absolute Gasteiger partial charge is 0.286 e. The second-order valence-corrected chi connectivity index (χ2v) is 9.61. The predicted molar refractivity (Wildman–Crippen MR) is 140 cm³/mol. The third-order valence-corrected chi connectivity index (χ3v) is 8.08. The van der Waals surface area contributed by atoms with E-state index in [1.165, 1.54) is 0 Å². The Morgan fingerprint density at radius 3 is 1.00 bits per heavy atom. The van der Waals surface area contributed by atoms with Gasteiger partial charge in [-0.25, -0.2) is 4.57 Å². The average Bonchev–Trinajstić information content (AvgIpc) is 2.85. The molecule has 3 aromatic rings. The summed E-state index contributed by atoms with van der Waals surface area (Å²) in [5, 5.41) is 0. The highest BCUT2D eigenvalue weighted by atomic mass is 31.2. The summed E-state index contributed by atoms with van der Waals surface area (Å²) in [6, 6.07) is 29.5. The molecule has 0 heterocycles. The van der Waals surface area contributed by atoms with Crippen LogP contribution in [-0.4, -0.2) is 19.6 Å². The van der Waals surface area contributed by atoms with Crippen LogP contribution in [0.3, 0.4) is 0 Å². The zero-order chi connectivity index (χ0) is 22.8. The second-order valence-electron chi connectivity index (χ2n) is 7.13. The SMILES string of the molecule is C=CCN(c1ccccc1)P(=O)(N(CC=C)c1ccccc1)N(CC=C)c1ccccc1. The van der Waals surface area contributed by atoms with Gasteiger partial charge in [-0.05, 0) is 36.4 Å². The quantitative estimate of drug-likeness (QED) is 0.219. The van der Waals surface area contributed by atoms with Crippen LogP contribution in [0, 0.1) is 0 Å². The van der Waals surface area contributed by atoms with Gasteiger partial charge in [0, 0.05) is 36.7 Å². The summed E-state index contributed by atoms with van der Waals surface area (Å²) in [5.74, 6) is 0. The van der Waals surface area contributed by atoms with Crippen molar-refractivity contribution in [2.24, 2.45) is 0 Å². The number of rotatable bonds is 12. The van der Waals surface area contributed by atoms with Crippen LogP contribution in [0.5, 0.6) is 0 Å². The number of nitrogens with zero attached hydrogens (tertiary/aromatic N) is 3. The summed E-state index contributed by atoms with van der Waals surface area (Å²) in [7, 11) is -3.48. The van der Waals surface area contributed by atoms with Gasteiger partial charge in [0.25, 0.3) is 0 Å². The van der Waals surface area contributed by atoms with Crippen molar-refractivity contribution in [2.75, 3.05) is 33.6 Å². The zero-order valence-electron chi connectivity index (χ0n) is 18.3. The first kappa shape index (κ1) is 23.2. The number of hydrogen-bond acceptors (Lipinski definition) is 1. The Morgan fingerprint density at radius 2 is 0.781 bits per heavy atom. The molecule has 0 atom stereocenters. The Balaban J connectivity index is 2.31. The van der Waals surface area contributed by atoms with Crippen LogP contribution in [0.1, 0.15) is 0 Å². The fourth-order valence-corrected chi connectivity index (χ4v) is 6.71. The van der Waals surface area contributed by atoms with Gasteiger partial charge in [0.1, 0.15) is 0 Å². The Kier molecular flexibility index (Phi) is 8.13. The minimum absolute atomic E-state index is 0.405. The first-order chi connectivity index (χ1) is 15.7. The van der Waals surface area contributed by atoms with Crippen LogP contribution in [0.2, 0.25) is 0 Å². The molecule has 3 aromatic carbocycles. The molecule has 5 heteroatoms. The first-order valence-electron chi connectivity index (χ1n) is 10.6. The molecule has 0 bridgehead atoms. The highest BCUT2D eigenvalue weighted by Gasteiger charge is 2.43. The molecule has 0 saturated heterocycles. The van der Waals surface area contributed by atoms with Crippen LogP contribution >= 0.6 is 7.59 Å². The lowest BCUT2D eigenvalue weighted by atomic mass is 10.3. The topological polar surface area (TPSA) is 26.8 Å². The van der Waals surface area contributed by atoms with Crippen LogP contribution in [0.25, 0.3) is 0 Å². The van der Waals surface area contributed by atoms with Gasteiger partial charge in [-0.3, -0.25) is 14.0 Å². The van der Waals surface area contributed by atoms with Crippen molar-refractivity contribution in [2.45, 2.75) is 0 Å². The van der Waals surface area contributed by atoms with Crippen molar-refractivity contribution in [3.8, 4) is 0 Å². The van der Waals surface area contributed by atoms with E-state index < -0.39 is 7.59 Å². The van der Waals surface area contributed by atoms with Gasteiger partial charge in [-0.15, -0.1) is 19.7 Å². The molecule has 4 nitrogen and oxygen atoms in total. The van der Waals surface area contributed by atoms with E-state index in [1.807, 2.05) is 105 Å². The van der Waals surface area contributed by atoms with Gasteiger partial charge in [0.15, 0.2) is 0 Å². The van der Waals surface area contributed by atoms with Gasteiger partial charge in [0.2, 0.25) is 0 Å². The number of benzene rings is 3. The van der Waals surface area contributed by atoms with Crippen molar-refractivity contribution < 1.29 is 4.57 Å². The standard InChI is InChI=1S/C27H30N3OP/c1-4-22-28(25-16-10-7-11-17-25)32(31,29(23-5-2)26-18-12-8-13-19-26)30(24-6-3)27-20-14-9-15-21-27/h4-21H,1-3,22-24H2. The molecule has 0 fully saturated rings. The molecule has 0 unspecified atom stereocenters. The van der Waals surface area contributed by atoms with E-state index in [9.17, 15) is 0 Å². The molecule has 0 spiro atoms. The zero-order valence-corrected chi connectivity index (χ0v) is 19.2. The molecule has 0 radical (unpaired) electrons. The van der Waals surface area contributed by atoms with Crippen LogP contribution < -0.4 is 14.0 Å². The molecule has 0 aromatic heterocycles. The molecular weight excluding hydrogens is 413 g/mol. The van der Waals surface area contributed by atoms with E-state index in [0.717, 1.165) is 17.1 Å². The summed E-state index contributed by atoms with van der Waals surface area (Å²) in [6.07, 6.45) is 5.36. The van der Waals surface area contributed by atoms with Gasteiger partial charge in [0.05, 0.1) is 0 Å². The average molecular weight is 444 g/mol. The predicted octanol–water partition coefficient (Wildman–Crippen LogP) is 7.17. The number of hydrogen-bond donors (Lipinski definition) is 0. The third-order valence-electron chi connectivity index (χ3n) is 5.01. The van der Waals surface area contributed by atoms with Crippen molar-refractivity contribution in [1.29, 1.82) is 0 Å². The van der Waals surface area contributed by atoms with Crippen molar-refractivity contribution in [3.05, 3.63) is 129 Å². The molecule has 0 aliphatic rings. The van der Waals surface area contributed by atoms with Gasteiger partial charge in [-0.1, -0.05) is 72.8 Å². The third kappa shape index (κ3) is 4.87. The van der Waals surface area contributed by atoms with E-state index in [0.29, 0.717) is 19.6 Å². The van der Waals surface area contributed by atoms with E-state index in [1.54, 1.807) is 18.2 Å². The summed E-state index contributed by atoms with van der Waals surface area (Å²) in [5.41, 5.74) is 2.56. The fraction of sp³-hybridized carbons (Fsp3) is 0.111. The van der Waals surface area contributed by atoms with E-state index in [-0.39, 0.29) is 0 Å². The number of anilines is 3. The van der Waals surface area contributed by atoms with Gasteiger partial charge >= 0.3 is 7.59 Å². The summed E-state index contributed by atoms with van der Waals surface area (Å²) in [4.78, 5) is 0. The maximum atomic E-state index is 15.5. The fourth-order valence-electron chi connectivity index (χ4n) is 3.64. The van der Waals surface area contributed by atoms with Crippen LogP contribution in [-0.2, 0) is 4.57 Å². The second kappa shape index (κ2) is 11.2. The highest BCUT2D eigenvalue weighted by molar-refractivity contribution is 7.68. The molecule has 0 saturated carbocycles. The molecule has 0 N–H and O–H groups in total. The lowest BCUT2D eigenvalue weighted by Gasteiger charge is -2.46. The largest absolute Gasteiger partial charge is 0.361 e. The van der Waals surface area contributed by atoms with E-state index >= 15 is 4.57 Å². The van der Waals surface area contributed by atoms with Crippen molar-refractivity contribution in [1.82, 2.24) is 0 Å². The van der Waals surface area contributed by atoms with E-state index in [2.05, 4.69) is 19.7 Å². The van der Waals surface area contributed by atoms with Gasteiger partial charge in [-0.2, -0.15) is 0 Å².